The Hall–Kier alpha value is -2.26. The van der Waals surface area contributed by atoms with Crippen LogP contribution in [-0.4, -0.2) is 11.8 Å². The van der Waals surface area contributed by atoms with Gasteiger partial charge < -0.3 is 0 Å². The predicted molar refractivity (Wildman–Crippen MR) is 143 cm³/mol. The molecule has 2 unspecified atom stereocenters. The normalized spacial score (nSPS) is 12.7. The van der Waals surface area contributed by atoms with Gasteiger partial charge in [0.05, 0.1) is 0 Å². The van der Waals surface area contributed by atoms with Crippen LogP contribution in [0.5, 0.6) is 0 Å². The Balaban J connectivity index is 1.32. The molecule has 4 rings (SSSR count). The average Bonchev–Trinajstić information content (AvgIpc) is 2.83. The van der Waals surface area contributed by atoms with Gasteiger partial charge in [0.2, 0.25) is 0 Å². The van der Waals surface area contributed by atoms with Gasteiger partial charge in [0.1, 0.15) is 0 Å². The third-order valence-corrected chi connectivity index (χ3v) is 8.50. The van der Waals surface area contributed by atoms with Gasteiger partial charge in [0.15, 0.2) is 0 Å². The van der Waals surface area contributed by atoms with Crippen molar-refractivity contribution in [3.05, 3.63) is 109 Å². The molecule has 0 aliphatic heterocycles. The minimum Gasteiger partial charge on any atom is -0.0897 e. The summed E-state index contributed by atoms with van der Waals surface area (Å²) in [7, 11) is 1.73. The monoisotopic (exact) mass is 440 g/mol. The highest BCUT2D eigenvalue weighted by atomic mass is 31.1. The highest BCUT2D eigenvalue weighted by Crippen LogP contribution is 2.30. The molecular weight excluding hydrogens is 410 g/mol. The van der Waals surface area contributed by atoms with Gasteiger partial charge in [0, 0.05) is 0 Å². The molecule has 0 saturated carbocycles. The van der Waals surface area contributed by atoms with Gasteiger partial charge in [-0.3, -0.25) is 0 Å². The van der Waals surface area contributed by atoms with Gasteiger partial charge >= 0.3 is 0 Å². The van der Waals surface area contributed by atoms with Crippen LogP contribution < -0.4 is 10.6 Å². The zero-order valence-corrected chi connectivity index (χ0v) is 20.1. The average molecular weight is 441 g/mol. The maximum atomic E-state index is 2.42. The van der Waals surface area contributed by atoms with E-state index in [9.17, 15) is 0 Å². The van der Waals surface area contributed by atoms with Gasteiger partial charge in [-0.15, -0.1) is 0 Å². The molecule has 4 aromatic carbocycles. The molecule has 0 aliphatic carbocycles. The maximum Gasteiger partial charge on any atom is -0.0110 e. The van der Waals surface area contributed by atoms with Crippen molar-refractivity contribution in [1.29, 1.82) is 0 Å². The minimum atomic E-state index is 0.721. The van der Waals surface area contributed by atoms with Crippen molar-refractivity contribution in [3.8, 4) is 22.3 Å². The van der Waals surface area contributed by atoms with E-state index in [1.54, 1.807) is 0 Å². The summed E-state index contributed by atoms with van der Waals surface area (Å²) in [5.41, 5.74) is 6.17. The molecule has 31 heavy (non-hydrogen) atoms. The molecule has 4 aromatic rings. The second-order valence-electron chi connectivity index (χ2n) is 7.94. The van der Waals surface area contributed by atoms with E-state index in [2.05, 4.69) is 116 Å². The summed E-state index contributed by atoms with van der Waals surface area (Å²) >= 11 is 0. The molecule has 0 aromatic heterocycles. The summed E-state index contributed by atoms with van der Waals surface area (Å²) < 4.78 is 0. The lowest BCUT2D eigenvalue weighted by atomic mass is 10.1. The van der Waals surface area contributed by atoms with Crippen molar-refractivity contribution in [1.82, 2.24) is 0 Å². The van der Waals surface area contributed by atoms with Gasteiger partial charge in [-0.1, -0.05) is 133 Å². The molecule has 0 radical (unpaired) electrons. The van der Waals surface area contributed by atoms with E-state index < -0.39 is 0 Å². The highest BCUT2D eigenvalue weighted by molar-refractivity contribution is 7.48. The first-order valence-corrected chi connectivity index (χ1v) is 13.4. The summed E-state index contributed by atoms with van der Waals surface area (Å²) in [6.07, 6.45) is 3.87. The third-order valence-electron chi connectivity index (χ3n) is 5.55. The van der Waals surface area contributed by atoms with Gasteiger partial charge in [-0.25, -0.2) is 0 Å². The summed E-state index contributed by atoms with van der Waals surface area (Å²) in [4.78, 5) is 0. The van der Waals surface area contributed by atoms with Crippen LogP contribution in [-0.2, 0) is 0 Å². The van der Waals surface area contributed by atoms with Crippen LogP contribution in [0, 0.1) is 0 Å². The Labute approximate surface area is 190 Å². The van der Waals surface area contributed by atoms with Crippen molar-refractivity contribution >= 4 is 27.8 Å². The molecule has 3 atom stereocenters. The first-order chi connectivity index (χ1) is 15.3. The lowest BCUT2D eigenvalue weighted by molar-refractivity contribution is 0.791. The van der Waals surface area contributed by atoms with E-state index in [1.807, 2.05) is 0 Å². The minimum absolute atomic E-state index is 0.721. The van der Waals surface area contributed by atoms with Crippen LogP contribution in [0.15, 0.2) is 109 Å². The van der Waals surface area contributed by atoms with Crippen molar-refractivity contribution in [2.24, 2.45) is 0 Å². The van der Waals surface area contributed by atoms with Gasteiger partial charge in [0.25, 0.3) is 0 Å². The molecule has 0 fully saturated rings. The lowest BCUT2D eigenvalue weighted by Crippen LogP contribution is -2.07. The van der Waals surface area contributed by atoms with E-state index in [1.165, 1.54) is 51.9 Å². The Bertz CT molecular complexity index is 1070. The van der Waals surface area contributed by atoms with Crippen molar-refractivity contribution in [3.63, 3.8) is 0 Å². The Morgan fingerprint density at radius 3 is 1.68 bits per heavy atom. The second kappa shape index (κ2) is 11.4. The van der Waals surface area contributed by atoms with Crippen LogP contribution in [0.4, 0.5) is 0 Å². The zero-order valence-electron chi connectivity index (χ0n) is 18.1. The van der Waals surface area contributed by atoms with Gasteiger partial charge in [-0.05, 0) is 57.5 Å². The van der Waals surface area contributed by atoms with E-state index in [0.717, 1.165) is 22.8 Å². The molecular formula is C29H30P2. The topological polar surface area (TPSA) is 0 Å². The Morgan fingerprint density at radius 2 is 1.06 bits per heavy atom. The summed E-state index contributed by atoms with van der Waals surface area (Å²) in [5, 5.41) is 3.00. The fourth-order valence-corrected chi connectivity index (χ4v) is 6.69. The highest BCUT2D eigenvalue weighted by Gasteiger charge is 2.10. The van der Waals surface area contributed by atoms with E-state index >= 15 is 0 Å². The van der Waals surface area contributed by atoms with E-state index in [-0.39, 0.29) is 0 Å². The molecule has 0 bridgehead atoms. The standard InChI is InChI=1S/C29H30P2/c1-23(31-29-21-11-9-19-27(29)25-16-6-3-7-17-25)13-12-22-30-28-20-10-8-18-26(28)24-14-4-2-5-15-24/h2-11,14-21,23,30-31H,12-13,22H2,1H3/t23-/m0/s1. The van der Waals surface area contributed by atoms with Crippen LogP contribution in [0.25, 0.3) is 22.3 Å². The molecule has 156 valence electrons. The second-order valence-corrected chi connectivity index (χ2v) is 11.1. The smallest absolute Gasteiger partial charge is 0.0110 e. The molecule has 0 nitrogen and oxygen atoms in total. The number of benzene rings is 4. The molecule has 2 heteroatoms. The number of hydrogen-bond acceptors (Lipinski definition) is 0. The number of hydrogen-bond donors (Lipinski definition) is 0. The maximum absolute atomic E-state index is 2.42. The third kappa shape index (κ3) is 6.13. The van der Waals surface area contributed by atoms with Crippen molar-refractivity contribution in [2.75, 3.05) is 6.16 Å². The fourth-order valence-electron chi connectivity index (χ4n) is 3.95. The molecule has 0 heterocycles. The van der Waals surface area contributed by atoms with E-state index in [4.69, 9.17) is 0 Å². The lowest BCUT2D eigenvalue weighted by Gasteiger charge is -2.16. The summed E-state index contributed by atoms with van der Waals surface area (Å²) in [6, 6.07) is 39.4. The molecule has 0 spiro atoms. The molecule has 0 amide bonds. The SMILES string of the molecule is C[C@@H](CCCPc1ccccc1-c1ccccc1)Pc1ccccc1-c1ccccc1. The van der Waals surface area contributed by atoms with Crippen LogP contribution in [0.3, 0.4) is 0 Å². The van der Waals surface area contributed by atoms with E-state index in [0.29, 0.717) is 0 Å². The first kappa shape index (κ1) is 22.0. The summed E-state index contributed by atoms with van der Waals surface area (Å²) in [6.45, 7) is 2.42. The quantitative estimate of drug-likeness (QED) is 0.187. The largest absolute Gasteiger partial charge is 0.0897 e. The molecule has 0 saturated heterocycles. The summed E-state index contributed by atoms with van der Waals surface area (Å²) in [5.74, 6) is 0. The first-order valence-electron chi connectivity index (χ1n) is 11.1. The number of rotatable bonds is 9. The van der Waals surface area contributed by atoms with Crippen LogP contribution >= 0.6 is 17.2 Å². The van der Waals surface area contributed by atoms with Crippen molar-refractivity contribution in [2.45, 2.75) is 25.4 Å². The molecule has 0 aliphatic rings. The Morgan fingerprint density at radius 1 is 0.581 bits per heavy atom. The van der Waals surface area contributed by atoms with Crippen LogP contribution in [0.1, 0.15) is 19.8 Å². The van der Waals surface area contributed by atoms with Gasteiger partial charge in [-0.2, -0.15) is 0 Å². The predicted octanol–water partition coefficient (Wildman–Crippen LogP) is 7.50. The van der Waals surface area contributed by atoms with Crippen LogP contribution in [0.2, 0.25) is 0 Å². The zero-order chi connectivity index (χ0) is 21.3. The Kier molecular flexibility index (Phi) is 8.06. The fraction of sp³-hybridized carbons (Fsp3) is 0.172. The van der Waals surface area contributed by atoms with Crippen molar-refractivity contribution < 1.29 is 0 Å². The molecule has 0 N–H and O–H groups in total.